The van der Waals surface area contributed by atoms with E-state index in [1.807, 2.05) is 25.1 Å². The quantitative estimate of drug-likeness (QED) is 0.643. The van der Waals surface area contributed by atoms with Gasteiger partial charge in [-0.1, -0.05) is 0 Å². The van der Waals surface area contributed by atoms with Gasteiger partial charge in [-0.15, -0.1) is 0 Å². The van der Waals surface area contributed by atoms with Gasteiger partial charge in [-0.25, -0.2) is 0 Å². The average molecular weight is 296 g/mol. The molecule has 0 spiro atoms. The molecule has 0 aromatic heterocycles. The average Bonchev–Trinajstić information content (AvgIpc) is 2.35. The number of benzene rings is 2. The fourth-order valence-corrected chi connectivity index (χ4v) is 3.49. The second kappa shape index (κ2) is 4.99. The molecule has 17 heavy (non-hydrogen) atoms. The Balaban J connectivity index is 2.76. The number of rotatable bonds is 3. The molecular weight excluding hydrogens is 280 g/mol. The zero-order valence-electron chi connectivity index (χ0n) is 12.1. The van der Waals surface area contributed by atoms with Crippen molar-refractivity contribution in [1.82, 2.24) is 0 Å². The zero-order chi connectivity index (χ0) is 14.2. The normalized spacial score (nSPS) is 15.2. The first-order valence-electron chi connectivity index (χ1n) is 6.34. The molecule has 0 aliphatic carbocycles. The van der Waals surface area contributed by atoms with Gasteiger partial charge in [0.05, 0.1) is 0 Å². The molecule has 0 bridgehead atoms. The maximum atomic E-state index is 12.4. The van der Waals surface area contributed by atoms with Gasteiger partial charge in [-0.05, 0) is 0 Å². The molecule has 2 aromatic rings. The second-order valence-electron chi connectivity index (χ2n) is 3.79. The molecule has 0 aliphatic heterocycles. The van der Waals surface area contributed by atoms with Crippen LogP contribution in [-0.2, 0) is 3.83 Å². The van der Waals surface area contributed by atoms with Crippen LogP contribution in [0.5, 0.6) is 5.75 Å². The van der Waals surface area contributed by atoms with Crippen molar-refractivity contribution in [3.63, 3.8) is 0 Å². The van der Waals surface area contributed by atoms with Crippen LogP contribution in [0.4, 0.5) is 0 Å². The summed E-state index contributed by atoms with van der Waals surface area (Å²) in [5, 5.41) is 0.0233. The Bertz CT molecular complexity index is 648. The number of aryl methyl sites for hydroxylation is 1. The number of methoxy groups -OCH3 is 1. The van der Waals surface area contributed by atoms with E-state index in [4.69, 9.17) is 7.48 Å². The van der Waals surface area contributed by atoms with Crippen molar-refractivity contribution < 1.29 is 11.3 Å². The monoisotopic (exact) mass is 297 g/mol. The molecule has 0 N–H and O–H groups in total. The predicted molar refractivity (Wildman–Crippen MR) is 71.8 cm³/mol. The van der Waals surface area contributed by atoms with E-state index in [2.05, 4.69) is 0 Å². The molecule has 1 unspecified atom stereocenters. The van der Waals surface area contributed by atoms with E-state index >= 15 is 0 Å². The molecule has 0 heterocycles. The van der Waals surface area contributed by atoms with Gasteiger partial charge in [0.25, 0.3) is 0 Å². The van der Waals surface area contributed by atoms with E-state index < -0.39 is 19.1 Å². The first-order valence-corrected chi connectivity index (χ1v) is 7.75. The van der Waals surface area contributed by atoms with Crippen LogP contribution in [-0.4, -0.2) is 20.9 Å². The molecular formula is C14H16O2Se. The molecule has 0 saturated heterocycles. The van der Waals surface area contributed by atoms with Crippen molar-refractivity contribution in [2.45, 2.75) is 19.1 Å². The third kappa shape index (κ3) is 2.26. The minimum atomic E-state index is -2.77. The van der Waals surface area contributed by atoms with Gasteiger partial charge in [0.15, 0.2) is 0 Å². The molecule has 0 radical (unpaired) electrons. The summed E-state index contributed by atoms with van der Waals surface area (Å²) in [6.07, 6.45) is 0. The minimum absolute atomic E-state index is 0.604. The number of hydrogen-bond acceptors (Lipinski definition) is 2. The van der Waals surface area contributed by atoms with Crippen molar-refractivity contribution in [3.8, 4) is 5.75 Å². The Kier molecular flexibility index (Phi) is 2.88. The third-order valence-corrected chi connectivity index (χ3v) is 5.06. The van der Waals surface area contributed by atoms with Crippen molar-refractivity contribution in [1.29, 1.82) is 0 Å². The number of fused-ring (bicyclic) bond motifs is 1. The first kappa shape index (κ1) is 9.81. The van der Waals surface area contributed by atoms with E-state index in [1.54, 1.807) is 19.2 Å². The van der Waals surface area contributed by atoms with Gasteiger partial charge in [-0.3, -0.25) is 0 Å². The summed E-state index contributed by atoms with van der Waals surface area (Å²) < 4.78 is 33.7. The zero-order valence-corrected chi connectivity index (χ0v) is 11.8. The van der Waals surface area contributed by atoms with Crippen LogP contribution in [0.3, 0.4) is 0 Å². The fraction of sp³-hybridized carbons (Fsp3) is 0.286. The Morgan fingerprint density at radius 2 is 2.06 bits per heavy atom. The van der Waals surface area contributed by atoms with Crippen LogP contribution in [0.15, 0.2) is 30.3 Å². The van der Waals surface area contributed by atoms with E-state index in [0.29, 0.717) is 10.2 Å². The first-order chi connectivity index (χ1) is 8.84. The standard InChI is InChI=1S/C14H16O2Se/c1-4-17(15)14-8-7-13(16-3)11-6-5-10(2)9-12(11)14/h5-9H,4H2,1-3H3/i4+1H2. The van der Waals surface area contributed by atoms with E-state index in [-0.39, 0.29) is 0 Å². The van der Waals surface area contributed by atoms with Crippen molar-refractivity contribution in [2.24, 2.45) is 0 Å². The summed E-state index contributed by atoms with van der Waals surface area (Å²) >= 11 is -2.77. The molecule has 90 valence electrons. The number of hydrogen-bond donors (Lipinski definition) is 0. The molecule has 0 fully saturated rings. The summed E-state index contributed by atoms with van der Waals surface area (Å²) in [6, 6.07) is 9.31. The topological polar surface area (TPSA) is 26.3 Å². The molecule has 0 aliphatic rings. The van der Waals surface area contributed by atoms with Gasteiger partial charge in [0.2, 0.25) is 0 Å². The maximum absolute atomic E-state index is 12.4. The summed E-state index contributed by atoms with van der Waals surface area (Å²) in [5.74, 6) is 0.717. The molecule has 0 saturated carbocycles. The van der Waals surface area contributed by atoms with Crippen LogP contribution in [0.1, 0.15) is 15.2 Å². The van der Waals surface area contributed by atoms with Gasteiger partial charge < -0.3 is 0 Å². The summed E-state index contributed by atoms with van der Waals surface area (Å²) in [4.78, 5) is 0. The van der Waals surface area contributed by atoms with E-state index in [1.165, 1.54) is 6.92 Å². The van der Waals surface area contributed by atoms with Crippen LogP contribution in [0.25, 0.3) is 10.8 Å². The molecule has 3 heteroatoms. The Morgan fingerprint density at radius 3 is 2.71 bits per heavy atom. The molecule has 2 rings (SSSR count). The summed E-state index contributed by atoms with van der Waals surface area (Å²) in [6.45, 7) is 3.33. The summed E-state index contributed by atoms with van der Waals surface area (Å²) in [7, 11) is 1.60. The van der Waals surface area contributed by atoms with Crippen LogP contribution in [0.2, 0.25) is 5.27 Å². The van der Waals surface area contributed by atoms with Gasteiger partial charge in [0, 0.05) is 0 Å². The Labute approximate surface area is 108 Å². The van der Waals surface area contributed by atoms with Crippen molar-refractivity contribution >= 4 is 29.1 Å². The molecule has 2 aromatic carbocycles. The predicted octanol–water partition coefficient (Wildman–Crippen LogP) is 2.81. The van der Waals surface area contributed by atoms with Gasteiger partial charge in [0.1, 0.15) is 0 Å². The Morgan fingerprint density at radius 1 is 1.29 bits per heavy atom. The van der Waals surface area contributed by atoms with Crippen molar-refractivity contribution in [3.05, 3.63) is 35.9 Å². The van der Waals surface area contributed by atoms with E-state index in [0.717, 1.165) is 16.3 Å². The molecule has 1 atom stereocenters. The fourth-order valence-electron chi connectivity index (χ4n) is 1.86. The van der Waals surface area contributed by atoms with E-state index in [9.17, 15) is 3.83 Å². The molecule has 0 amide bonds. The molecule has 2 nitrogen and oxygen atoms in total. The SMILES string of the molecule is [1H][13C]([1H])(C)[Se](=O)c1ccc(OC)c2ccc(C)cc12. The third-order valence-electron chi connectivity index (χ3n) is 2.70. The Hall–Kier alpha value is -1.18. The second-order valence-corrected chi connectivity index (χ2v) is 6.69. The van der Waals surface area contributed by atoms with Gasteiger partial charge in [-0.2, -0.15) is 0 Å². The van der Waals surface area contributed by atoms with Crippen LogP contribution >= 0.6 is 0 Å². The summed E-state index contributed by atoms with van der Waals surface area (Å²) in [5.41, 5.74) is 1.05. The van der Waals surface area contributed by atoms with Crippen LogP contribution in [0, 0.1) is 6.92 Å². The van der Waals surface area contributed by atoms with Crippen molar-refractivity contribution in [2.75, 3.05) is 7.11 Å². The van der Waals surface area contributed by atoms with Crippen LogP contribution < -0.4 is 9.20 Å². The number of ether oxygens (including phenoxy) is 1. The van der Waals surface area contributed by atoms with Gasteiger partial charge >= 0.3 is 108 Å².